The van der Waals surface area contributed by atoms with Gasteiger partial charge in [0.2, 0.25) is 0 Å². The molecule has 0 spiro atoms. The maximum atomic E-state index is 9.42. The van der Waals surface area contributed by atoms with E-state index in [4.69, 9.17) is 11.6 Å². The van der Waals surface area contributed by atoms with Crippen molar-refractivity contribution < 1.29 is 0 Å². The van der Waals surface area contributed by atoms with Gasteiger partial charge in [-0.2, -0.15) is 5.26 Å². The summed E-state index contributed by atoms with van der Waals surface area (Å²) in [6.45, 7) is 0. The van der Waals surface area contributed by atoms with Crippen molar-refractivity contribution in [1.29, 1.82) is 5.26 Å². The molecule has 4 rings (SSSR count). The molecule has 0 bridgehead atoms. The fourth-order valence-electron chi connectivity index (χ4n) is 3.21. The molecule has 0 aliphatic heterocycles. The highest BCUT2D eigenvalue weighted by molar-refractivity contribution is 6.30. The van der Waals surface area contributed by atoms with Crippen LogP contribution in [-0.2, 0) is 0 Å². The van der Waals surface area contributed by atoms with Gasteiger partial charge in [0.25, 0.3) is 0 Å². The van der Waals surface area contributed by atoms with E-state index in [1.54, 1.807) is 0 Å². The first-order chi connectivity index (χ1) is 12.3. The zero-order valence-electron chi connectivity index (χ0n) is 13.4. The van der Waals surface area contributed by atoms with Crippen molar-refractivity contribution in [2.75, 3.05) is 0 Å². The van der Waals surface area contributed by atoms with E-state index >= 15 is 0 Å². The Hall–Kier alpha value is -3.08. The minimum absolute atomic E-state index is 0.666. The third kappa shape index (κ3) is 2.89. The minimum Gasteiger partial charge on any atom is -0.192 e. The molecule has 0 unspecified atom stereocenters. The molecule has 0 aliphatic rings. The Labute approximate surface area is 151 Å². The monoisotopic (exact) mass is 339 g/mol. The van der Waals surface area contributed by atoms with Crippen LogP contribution in [0, 0.1) is 11.3 Å². The molecule has 0 atom stereocenters. The van der Waals surface area contributed by atoms with Crippen molar-refractivity contribution in [3.05, 3.63) is 95.5 Å². The number of hydrogen-bond acceptors (Lipinski definition) is 1. The van der Waals surface area contributed by atoms with Crippen molar-refractivity contribution in [2.24, 2.45) is 0 Å². The second-order valence-corrected chi connectivity index (χ2v) is 6.35. The summed E-state index contributed by atoms with van der Waals surface area (Å²) in [5, 5.41) is 12.4. The molecular formula is C23H14ClN. The molecule has 25 heavy (non-hydrogen) atoms. The Balaban J connectivity index is 2.09. The van der Waals surface area contributed by atoms with E-state index in [2.05, 4.69) is 30.3 Å². The topological polar surface area (TPSA) is 23.8 Å². The molecule has 0 fully saturated rings. The summed E-state index contributed by atoms with van der Waals surface area (Å²) >= 11 is 6.05. The fourth-order valence-corrected chi connectivity index (χ4v) is 3.33. The van der Waals surface area contributed by atoms with Gasteiger partial charge >= 0.3 is 0 Å². The molecule has 0 aromatic heterocycles. The lowest BCUT2D eigenvalue weighted by atomic mass is 9.90. The van der Waals surface area contributed by atoms with Gasteiger partial charge in [-0.15, -0.1) is 0 Å². The SMILES string of the molecule is N#Cc1cc(-c2ccccc2)c2c(-c3ccc(Cl)cc3)cccc2c1. The van der Waals surface area contributed by atoms with Crippen molar-refractivity contribution in [3.63, 3.8) is 0 Å². The second-order valence-electron chi connectivity index (χ2n) is 5.91. The van der Waals surface area contributed by atoms with Gasteiger partial charge in [0.15, 0.2) is 0 Å². The highest BCUT2D eigenvalue weighted by Gasteiger charge is 2.12. The Kier molecular flexibility index (Phi) is 3.98. The standard InChI is InChI=1S/C23H14ClN/c24-20-11-9-18(10-12-20)21-8-4-7-19-13-16(15-25)14-22(23(19)21)17-5-2-1-3-6-17/h1-14H. The molecule has 0 aliphatic carbocycles. The maximum Gasteiger partial charge on any atom is 0.0992 e. The summed E-state index contributed by atoms with van der Waals surface area (Å²) in [7, 11) is 0. The second kappa shape index (κ2) is 6.43. The number of nitrogens with zero attached hydrogens (tertiary/aromatic N) is 1. The Morgan fingerprint density at radius 3 is 2.12 bits per heavy atom. The van der Waals surface area contributed by atoms with E-state index in [1.165, 1.54) is 0 Å². The molecule has 0 heterocycles. The number of halogens is 1. The zero-order valence-corrected chi connectivity index (χ0v) is 14.2. The highest BCUT2D eigenvalue weighted by Crippen LogP contribution is 2.37. The number of benzene rings is 4. The van der Waals surface area contributed by atoms with Gasteiger partial charge in [-0.25, -0.2) is 0 Å². The van der Waals surface area contributed by atoms with Gasteiger partial charge in [0.1, 0.15) is 0 Å². The average Bonchev–Trinajstić information content (AvgIpc) is 2.68. The van der Waals surface area contributed by atoms with E-state index in [1.807, 2.05) is 60.7 Å². The largest absolute Gasteiger partial charge is 0.192 e. The summed E-state index contributed by atoms with van der Waals surface area (Å²) in [4.78, 5) is 0. The van der Waals surface area contributed by atoms with Gasteiger partial charge in [0.05, 0.1) is 11.6 Å². The summed E-state index contributed by atoms with van der Waals surface area (Å²) < 4.78 is 0. The molecule has 0 N–H and O–H groups in total. The summed E-state index contributed by atoms with van der Waals surface area (Å²) in [6.07, 6.45) is 0. The molecule has 0 saturated carbocycles. The molecule has 0 amide bonds. The third-order valence-corrected chi connectivity index (χ3v) is 4.60. The van der Waals surface area contributed by atoms with Crippen LogP contribution in [0.25, 0.3) is 33.0 Å². The van der Waals surface area contributed by atoms with E-state index in [9.17, 15) is 5.26 Å². The highest BCUT2D eigenvalue weighted by atomic mass is 35.5. The maximum absolute atomic E-state index is 9.42. The lowest BCUT2D eigenvalue weighted by Crippen LogP contribution is -1.88. The molecule has 1 nitrogen and oxygen atoms in total. The van der Waals surface area contributed by atoms with Crippen LogP contribution in [0.2, 0.25) is 5.02 Å². The lowest BCUT2D eigenvalue weighted by molar-refractivity contribution is 1.49. The van der Waals surface area contributed by atoms with Crippen LogP contribution in [0.1, 0.15) is 5.56 Å². The van der Waals surface area contributed by atoms with Gasteiger partial charge in [0, 0.05) is 5.02 Å². The zero-order chi connectivity index (χ0) is 17.2. The number of fused-ring (bicyclic) bond motifs is 1. The van der Waals surface area contributed by atoms with Gasteiger partial charge in [-0.3, -0.25) is 0 Å². The first-order valence-electron chi connectivity index (χ1n) is 8.04. The molecule has 0 radical (unpaired) electrons. The average molecular weight is 340 g/mol. The van der Waals surface area contributed by atoms with Crippen LogP contribution in [0.5, 0.6) is 0 Å². The molecule has 4 aromatic carbocycles. The van der Waals surface area contributed by atoms with Crippen molar-refractivity contribution in [2.45, 2.75) is 0 Å². The number of nitriles is 1. The first-order valence-corrected chi connectivity index (χ1v) is 8.42. The van der Waals surface area contributed by atoms with Gasteiger partial charge in [-0.1, -0.05) is 72.3 Å². The molecule has 2 heteroatoms. The van der Waals surface area contributed by atoms with E-state index in [0.717, 1.165) is 38.0 Å². The summed E-state index contributed by atoms with van der Waals surface area (Å²) in [6, 6.07) is 30.5. The van der Waals surface area contributed by atoms with E-state index < -0.39 is 0 Å². The van der Waals surface area contributed by atoms with Crippen LogP contribution in [0.3, 0.4) is 0 Å². The molecule has 0 saturated heterocycles. The smallest absolute Gasteiger partial charge is 0.0992 e. The van der Waals surface area contributed by atoms with Gasteiger partial charge < -0.3 is 0 Å². The predicted molar refractivity (Wildman–Crippen MR) is 105 cm³/mol. The number of hydrogen-bond donors (Lipinski definition) is 0. The Morgan fingerprint density at radius 1 is 0.680 bits per heavy atom. The van der Waals surface area contributed by atoms with E-state index in [-0.39, 0.29) is 0 Å². The van der Waals surface area contributed by atoms with Gasteiger partial charge in [-0.05, 0) is 57.3 Å². The minimum atomic E-state index is 0.666. The number of rotatable bonds is 2. The van der Waals surface area contributed by atoms with Crippen LogP contribution in [0.4, 0.5) is 0 Å². The van der Waals surface area contributed by atoms with Crippen LogP contribution in [0.15, 0.2) is 84.9 Å². The molecular weight excluding hydrogens is 326 g/mol. The lowest BCUT2D eigenvalue weighted by Gasteiger charge is -2.13. The Bertz CT molecular complexity index is 1090. The predicted octanol–water partition coefficient (Wildman–Crippen LogP) is 6.70. The third-order valence-electron chi connectivity index (χ3n) is 4.35. The van der Waals surface area contributed by atoms with Crippen LogP contribution >= 0.6 is 11.6 Å². The molecule has 4 aromatic rings. The Morgan fingerprint density at radius 2 is 1.40 bits per heavy atom. The van der Waals surface area contributed by atoms with Crippen molar-refractivity contribution >= 4 is 22.4 Å². The normalized spacial score (nSPS) is 10.6. The first kappa shape index (κ1) is 15.4. The van der Waals surface area contributed by atoms with E-state index in [0.29, 0.717) is 5.56 Å². The van der Waals surface area contributed by atoms with Crippen LogP contribution in [-0.4, -0.2) is 0 Å². The fraction of sp³-hybridized carbons (Fsp3) is 0. The van der Waals surface area contributed by atoms with Crippen molar-refractivity contribution in [1.82, 2.24) is 0 Å². The van der Waals surface area contributed by atoms with Crippen LogP contribution < -0.4 is 0 Å². The summed E-state index contributed by atoms with van der Waals surface area (Å²) in [5.41, 5.74) is 5.08. The summed E-state index contributed by atoms with van der Waals surface area (Å²) in [5.74, 6) is 0. The quantitative estimate of drug-likeness (QED) is 0.398. The molecule has 118 valence electrons. The van der Waals surface area contributed by atoms with Crippen molar-refractivity contribution in [3.8, 4) is 28.3 Å².